The van der Waals surface area contributed by atoms with E-state index in [0.29, 0.717) is 17.7 Å². The fourth-order valence-electron chi connectivity index (χ4n) is 1.50. The Labute approximate surface area is 96.2 Å². The van der Waals surface area contributed by atoms with E-state index in [9.17, 15) is 13.2 Å². The molecule has 0 saturated heterocycles. The molecule has 0 aliphatic heterocycles. The molecule has 0 saturated carbocycles. The van der Waals surface area contributed by atoms with E-state index in [1.165, 1.54) is 18.5 Å². The fourth-order valence-corrected chi connectivity index (χ4v) is 1.50. The van der Waals surface area contributed by atoms with Gasteiger partial charge in [0.2, 0.25) is 0 Å². The maximum atomic E-state index is 13.1. The van der Waals surface area contributed by atoms with Crippen molar-refractivity contribution in [2.75, 3.05) is 0 Å². The zero-order chi connectivity index (χ0) is 12.3. The summed E-state index contributed by atoms with van der Waals surface area (Å²) in [5.74, 6) is -0.883. The predicted molar refractivity (Wildman–Crippen MR) is 56.2 cm³/mol. The smallest absolute Gasteiger partial charge is 0.245 e. The van der Waals surface area contributed by atoms with Crippen molar-refractivity contribution < 1.29 is 13.2 Å². The van der Waals surface area contributed by atoms with E-state index in [1.54, 1.807) is 12.3 Å². The highest BCUT2D eigenvalue weighted by atomic mass is 19.3. The molecule has 1 heterocycles. The molecule has 0 bridgehead atoms. The summed E-state index contributed by atoms with van der Waals surface area (Å²) in [5.41, 5.74) is 0.726. The summed E-state index contributed by atoms with van der Waals surface area (Å²) in [7, 11) is 0. The van der Waals surface area contributed by atoms with Gasteiger partial charge in [-0.1, -0.05) is 6.07 Å². The standard InChI is InChI=1S/C12H9F3N2/c13-11-2-1-8(6-10(11)12(14)15)5-9-3-4-16-7-17-9/h1-4,6-7,12H,5H2. The Bertz CT molecular complexity index is 500. The topological polar surface area (TPSA) is 25.8 Å². The first-order valence-electron chi connectivity index (χ1n) is 4.98. The van der Waals surface area contributed by atoms with Crippen LogP contribution in [0.2, 0.25) is 0 Å². The van der Waals surface area contributed by atoms with Crippen LogP contribution in [-0.4, -0.2) is 9.97 Å². The molecule has 0 spiro atoms. The lowest BCUT2D eigenvalue weighted by Crippen LogP contribution is -1.96. The van der Waals surface area contributed by atoms with E-state index in [0.717, 1.165) is 6.07 Å². The minimum absolute atomic E-state index is 0.378. The van der Waals surface area contributed by atoms with Crippen LogP contribution in [0, 0.1) is 5.82 Å². The Balaban J connectivity index is 2.26. The van der Waals surface area contributed by atoms with Gasteiger partial charge in [-0.3, -0.25) is 0 Å². The highest BCUT2D eigenvalue weighted by Gasteiger charge is 2.13. The average molecular weight is 238 g/mol. The number of nitrogens with zero attached hydrogens (tertiary/aromatic N) is 2. The van der Waals surface area contributed by atoms with E-state index >= 15 is 0 Å². The van der Waals surface area contributed by atoms with Crippen LogP contribution in [0.5, 0.6) is 0 Å². The maximum Gasteiger partial charge on any atom is 0.266 e. The third kappa shape index (κ3) is 2.81. The second-order valence-electron chi connectivity index (χ2n) is 3.53. The highest BCUT2D eigenvalue weighted by molar-refractivity contribution is 5.28. The van der Waals surface area contributed by atoms with Gasteiger partial charge in [-0.25, -0.2) is 23.1 Å². The summed E-state index contributed by atoms with van der Waals surface area (Å²) in [6.45, 7) is 0. The van der Waals surface area contributed by atoms with Crippen LogP contribution in [-0.2, 0) is 6.42 Å². The molecule has 0 aliphatic carbocycles. The zero-order valence-electron chi connectivity index (χ0n) is 8.78. The highest BCUT2D eigenvalue weighted by Crippen LogP contribution is 2.23. The van der Waals surface area contributed by atoms with Gasteiger partial charge >= 0.3 is 0 Å². The second kappa shape index (κ2) is 4.95. The van der Waals surface area contributed by atoms with Gasteiger partial charge in [0.05, 0.1) is 5.56 Å². The van der Waals surface area contributed by atoms with E-state index in [4.69, 9.17) is 0 Å². The Morgan fingerprint density at radius 2 is 2.00 bits per heavy atom. The van der Waals surface area contributed by atoms with E-state index in [1.807, 2.05) is 0 Å². The van der Waals surface area contributed by atoms with Crippen molar-refractivity contribution in [2.24, 2.45) is 0 Å². The molecule has 0 atom stereocenters. The monoisotopic (exact) mass is 238 g/mol. The van der Waals surface area contributed by atoms with Gasteiger partial charge in [0, 0.05) is 18.3 Å². The Kier molecular flexibility index (Phi) is 3.37. The second-order valence-corrected chi connectivity index (χ2v) is 3.53. The van der Waals surface area contributed by atoms with Gasteiger partial charge in [-0.15, -0.1) is 0 Å². The number of alkyl halides is 2. The molecule has 5 heteroatoms. The first kappa shape index (κ1) is 11.6. The van der Waals surface area contributed by atoms with Crippen molar-refractivity contribution in [3.63, 3.8) is 0 Å². The molecule has 0 aliphatic rings. The molecule has 17 heavy (non-hydrogen) atoms. The Morgan fingerprint density at radius 1 is 1.18 bits per heavy atom. The van der Waals surface area contributed by atoms with E-state index < -0.39 is 17.8 Å². The van der Waals surface area contributed by atoms with Crippen molar-refractivity contribution in [2.45, 2.75) is 12.8 Å². The maximum absolute atomic E-state index is 13.1. The molecule has 2 rings (SSSR count). The SMILES string of the molecule is Fc1ccc(Cc2ccncn2)cc1C(F)F. The molecule has 0 amide bonds. The summed E-state index contributed by atoms with van der Waals surface area (Å²) in [5, 5.41) is 0. The Morgan fingerprint density at radius 3 is 2.65 bits per heavy atom. The number of aromatic nitrogens is 2. The van der Waals surface area contributed by atoms with Crippen molar-refractivity contribution in [1.82, 2.24) is 9.97 Å². The lowest BCUT2D eigenvalue weighted by molar-refractivity contribution is 0.146. The minimum atomic E-state index is -2.81. The summed E-state index contributed by atoms with van der Waals surface area (Å²) in [6, 6.07) is 5.38. The summed E-state index contributed by atoms with van der Waals surface area (Å²) in [6.07, 6.45) is 0.523. The molecular formula is C12H9F3N2. The van der Waals surface area contributed by atoms with Gasteiger partial charge in [0.15, 0.2) is 0 Å². The molecule has 1 aromatic heterocycles. The average Bonchev–Trinajstić information content (AvgIpc) is 2.32. The van der Waals surface area contributed by atoms with E-state index in [2.05, 4.69) is 9.97 Å². The number of halogens is 3. The first-order valence-corrected chi connectivity index (χ1v) is 4.98. The van der Waals surface area contributed by atoms with Crippen molar-refractivity contribution in [3.8, 4) is 0 Å². The minimum Gasteiger partial charge on any atom is -0.245 e. The normalized spacial score (nSPS) is 10.8. The summed E-state index contributed by atoms with van der Waals surface area (Å²) in [4.78, 5) is 7.73. The van der Waals surface area contributed by atoms with Crippen LogP contribution in [0.15, 0.2) is 36.8 Å². The number of rotatable bonds is 3. The summed E-state index contributed by atoms with van der Waals surface area (Å²) >= 11 is 0. The number of hydrogen-bond acceptors (Lipinski definition) is 2. The number of benzene rings is 1. The fraction of sp³-hybridized carbons (Fsp3) is 0.167. The van der Waals surface area contributed by atoms with E-state index in [-0.39, 0.29) is 0 Å². The van der Waals surface area contributed by atoms with Crippen molar-refractivity contribution in [1.29, 1.82) is 0 Å². The third-order valence-corrected chi connectivity index (χ3v) is 2.32. The molecule has 0 fully saturated rings. The van der Waals surface area contributed by atoms with Crippen LogP contribution >= 0.6 is 0 Å². The van der Waals surface area contributed by atoms with Gasteiger partial charge in [0.1, 0.15) is 12.1 Å². The van der Waals surface area contributed by atoms with Crippen LogP contribution in [0.1, 0.15) is 23.2 Å². The lowest BCUT2D eigenvalue weighted by atomic mass is 10.1. The first-order chi connectivity index (χ1) is 8.16. The van der Waals surface area contributed by atoms with Gasteiger partial charge in [-0.05, 0) is 23.8 Å². The molecule has 1 aromatic carbocycles. The largest absolute Gasteiger partial charge is 0.266 e. The quantitative estimate of drug-likeness (QED) is 0.820. The Hall–Kier alpha value is -1.91. The molecule has 2 nitrogen and oxygen atoms in total. The zero-order valence-corrected chi connectivity index (χ0v) is 8.78. The molecule has 2 aromatic rings. The summed E-state index contributed by atoms with van der Waals surface area (Å²) < 4.78 is 38.0. The van der Waals surface area contributed by atoms with Gasteiger partial charge in [0.25, 0.3) is 6.43 Å². The molecular weight excluding hydrogens is 229 g/mol. The van der Waals surface area contributed by atoms with Crippen molar-refractivity contribution in [3.05, 3.63) is 59.4 Å². The van der Waals surface area contributed by atoms with Crippen LogP contribution in [0.4, 0.5) is 13.2 Å². The third-order valence-electron chi connectivity index (χ3n) is 2.32. The molecule has 88 valence electrons. The van der Waals surface area contributed by atoms with Crippen LogP contribution < -0.4 is 0 Å². The van der Waals surface area contributed by atoms with Gasteiger partial charge < -0.3 is 0 Å². The van der Waals surface area contributed by atoms with Crippen LogP contribution in [0.25, 0.3) is 0 Å². The molecule has 0 radical (unpaired) electrons. The number of hydrogen-bond donors (Lipinski definition) is 0. The molecule has 0 unspecified atom stereocenters. The lowest BCUT2D eigenvalue weighted by Gasteiger charge is -2.05. The van der Waals surface area contributed by atoms with Crippen LogP contribution in [0.3, 0.4) is 0 Å². The van der Waals surface area contributed by atoms with Crippen molar-refractivity contribution >= 4 is 0 Å². The molecule has 0 N–H and O–H groups in total. The van der Waals surface area contributed by atoms with Gasteiger partial charge in [-0.2, -0.15) is 0 Å². The predicted octanol–water partition coefficient (Wildman–Crippen LogP) is 3.14.